The van der Waals surface area contributed by atoms with Crippen LogP contribution in [-0.4, -0.2) is 34.7 Å². The molecule has 1 heterocycles. The first-order chi connectivity index (χ1) is 12.6. The zero-order valence-corrected chi connectivity index (χ0v) is 14.3. The summed E-state index contributed by atoms with van der Waals surface area (Å²) in [5.74, 6) is -1.98. The van der Waals surface area contributed by atoms with Crippen molar-refractivity contribution in [2.24, 2.45) is 0 Å². The number of carbonyl (C=O) groups is 1. The number of halogens is 2. The van der Waals surface area contributed by atoms with Gasteiger partial charge in [-0.1, -0.05) is 0 Å². The number of aromatic nitrogens is 2. The maximum atomic E-state index is 13.5. The quantitative estimate of drug-likeness (QED) is 0.601. The minimum absolute atomic E-state index is 0.0385. The number of carbonyl (C=O) groups excluding carboxylic acids is 1. The van der Waals surface area contributed by atoms with Crippen LogP contribution < -0.4 is 10.9 Å². The molecule has 26 heavy (non-hydrogen) atoms. The van der Waals surface area contributed by atoms with Gasteiger partial charge in [0, 0.05) is 24.7 Å². The molecule has 0 spiro atoms. The SMILES string of the molecule is O=COC1CCCC(NCCCn2c(=O)cnc3cc(F)c(F)cc32)C1. The Morgan fingerprint density at radius 1 is 1.31 bits per heavy atom. The van der Waals surface area contributed by atoms with Gasteiger partial charge in [0.2, 0.25) is 0 Å². The van der Waals surface area contributed by atoms with Crippen molar-refractivity contribution >= 4 is 17.5 Å². The number of fused-ring (bicyclic) bond motifs is 1. The second kappa shape index (κ2) is 8.35. The van der Waals surface area contributed by atoms with Crippen LogP contribution in [0.5, 0.6) is 0 Å². The van der Waals surface area contributed by atoms with Crippen LogP contribution in [0.2, 0.25) is 0 Å². The summed E-state index contributed by atoms with van der Waals surface area (Å²) in [6.07, 6.45) is 5.40. The zero-order chi connectivity index (χ0) is 18.5. The van der Waals surface area contributed by atoms with E-state index in [0.29, 0.717) is 26.0 Å². The summed E-state index contributed by atoms with van der Waals surface area (Å²) in [4.78, 5) is 26.4. The third kappa shape index (κ3) is 4.24. The third-order valence-electron chi connectivity index (χ3n) is 4.75. The molecule has 3 rings (SSSR count). The second-order valence-corrected chi connectivity index (χ2v) is 6.53. The molecule has 140 valence electrons. The Morgan fingerprint density at radius 3 is 2.92 bits per heavy atom. The summed E-state index contributed by atoms with van der Waals surface area (Å²) >= 11 is 0. The Balaban J connectivity index is 1.60. The van der Waals surface area contributed by atoms with Crippen LogP contribution in [0.3, 0.4) is 0 Å². The summed E-state index contributed by atoms with van der Waals surface area (Å²) in [6, 6.07) is 2.27. The van der Waals surface area contributed by atoms with Crippen molar-refractivity contribution in [3.05, 3.63) is 40.3 Å². The number of nitrogens with zero attached hydrogens (tertiary/aromatic N) is 2. The van der Waals surface area contributed by atoms with E-state index in [0.717, 1.165) is 44.0 Å². The Labute approximate surface area is 149 Å². The number of benzene rings is 1. The Hall–Kier alpha value is -2.35. The molecule has 6 nitrogen and oxygen atoms in total. The van der Waals surface area contributed by atoms with Gasteiger partial charge in [-0.25, -0.2) is 13.8 Å². The third-order valence-corrected chi connectivity index (χ3v) is 4.75. The molecule has 2 unspecified atom stereocenters. The predicted molar refractivity (Wildman–Crippen MR) is 91.7 cm³/mol. The molecular weight excluding hydrogens is 344 g/mol. The van der Waals surface area contributed by atoms with Crippen LogP contribution in [0.1, 0.15) is 32.1 Å². The second-order valence-electron chi connectivity index (χ2n) is 6.53. The van der Waals surface area contributed by atoms with E-state index in [1.165, 1.54) is 4.57 Å². The average molecular weight is 365 g/mol. The first-order valence-corrected chi connectivity index (χ1v) is 8.75. The topological polar surface area (TPSA) is 73.2 Å². The Morgan fingerprint density at radius 2 is 2.12 bits per heavy atom. The van der Waals surface area contributed by atoms with Crippen LogP contribution in [-0.2, 0) is 16.1 Å². The monoisotopic (exact) mass is 365 g/mol. The lowest BCUT2D eigenvalue weighted by Gasteiger charge is -2.28. The molecule has 2 aromatic rings. The molecule has 0 saturated heterocycles. The maximum absolute atomic E-state index is 13.5. The Bertz CT molecular complexity index is 840. The van der Waals surface area contributed by atoms with Crippen molar-refractivity contribution < 1.29 is 18.3 Å². The van der Waals surface area contributed by atoms with Crippen molar-refractivity contribution in [2.45, 2.75) is 50.8 Å². The van der Waals surface area contributed by atoms with Crippen molar-refractivity contribution in [3.8, 4) is 0 Å². The molecular formula is C18H21F2N3O3. The van der Waals surface area contributed by atoms with Gasteiger partial charge in [0.05, 0.1) is 17.2 Å². The number of aryl methyl sites for hydroxylation is 1. The van der Waals surface area contributed by atoms with E-state index in [2.05, 4.69) is 10.3 Å². The van der Waals surface area contributed by atoms with E-state index < -0.39 is 11.6 Å². The highest BCUT2D eigenvalue weighted by atomic mass is 19.2. The number of hydrogen-bond donors (Lipinski definition) is 1. The molecule has 1 N–H and O–H groups in total. The minimum Gasteiger partial charge on any atom is -0.465 e. The highest BCUT2D eigenvalue weighted by Gasteiger charge is 2.22. The van der Waals surface area contributed by atoms with E-state index in [-0.39, 0.29) is 28.7 Å². The van der Waals surface area contributed by atoms with Gasteiger partial charge in [-0.15, -0.1) is 0 Å². The Kier molecular flexibility index (Phi) is 5.92. The van der Waals surface area contributed by atoms with Gasteiger partial charge in [0.25, 0.3) is 12.0 Å². The molecule has 0 aliphatic heterocycles. The number of nitrogens with one attached hydrogen (secondary N) is 1. The van der Waals surface area contributed by atoms with Gasteiger partial charge >= 0.3 is 0 Å². The van der Waals surface area contributed by atoms with Crippen LogP contribution in [0.25, 0.3) is 11.0 Å². The van der Waals surface area contributed by atoms with E-state index in [9.17, 15) is 18.4 Å². The summed E-state index contributed by atoms with van der Waals surface area (Å²) in [5.41, 5.74) is 0.187. The fourth-order valence-electron chi connectivity index (χ4n) is 3.47. The van der Waals surface area contributed by atoms with E-state index in [1.807, 2.05) is 0 Å². The molecule has 0 amide bonds. The maximum Gasteiger partial charge on any atom is 0.293 e. The summed E-state index contributed by atoms with van der Waals surface area (Å²) in [7, 11) is 0. The van der Waals surface area contributed by atoms with E-state index in [1.54, 1.807) is 0 Å². The standard InChI is InChI=1S/C18H21F2N3O3/c19-14-8-16-17(9-15(14)20)23(18(25)10-22-16)6-2-5-21-12-3-1-4-13(7-12)26-11-24/h8-13,21H,1-7H2. The highest BCUT2D eigenvalue weighted by molar-refractivity contribution is 5.74. The molecule has 1 aliphatic rings. The van der Waals surface area contributed by atoms with Gasteiger partial charge in [-0.2, -0.15) is 0 Å². The van der Waals surface area contributed by atoms with Crippen molar-refractivity contribution in [1.82, 2.24) is 14.9 Å². The molecule has 8 heteroatoms. The molecule has 0 bridgehead atoms. The smallest absolute Gasteiger partial charge is 0.293 e. The van der Waals surface area contributed by atoms with E-state index in [4.69, 9.17) is 4.74 Å². The molecule has 1 aliphatic carbocycles. The van der Waals surface area contributed by atoms with E-state index >= 15 is 0 Å². The molecule has 1 fully saturated rings. The normalized spacial score (nSPS) is 20.2. The van der Waals surface area contributed by atoms with Gasteiger partial charge in [0.15, 0.2) is 11.6 Å². The van der Waals surface area contributed by atoms with Crippen molar-refractivity contribution in [2.75, 3.05) is 6.54 Å². The van der Waals surface area contributed by atoms with Gasteiger partial charge < -0.3 is 14.6 Å². The zero-order valence-electron chi connectivity index (χ0n) is 14.3. The van der Waals surface area contributed by atoms with Crippen LogP contribution in [0.15, 0.2) is 23.1 Å². The molecule has 1 aromatic carbocycles. The first kappa shape index (κ1) is 18.4. The van der Waals surface area contributed by atoms with Crippen molar-refractivity contribution in [1.29, 1.82) is 0 Å². The summed E-state index contributed by atoms with van der Waals surface area (Å²) < 4.78 is 33.3. The largest absolute Gasteiger partial charge is 0.465 e. The van der Waals surface area contributed by atoms with Crippen molar-refractivity contribution in [3.63, 3.8) is 0 Å². The van der Waals surface area contributed by atoms with Gasteiger partial charge in [-0.05, 0) is 38.6 Å². The molecule has 2 atom stereocenters. The average Bonchev–Trinajstić information content (AvgIpc) is 2.62. The minimum atomic E-state index is -1.000. The van der Waals surface area contributed by atoms with Gasteiger partial charge in [-0.3, -0.25) is 9.59 Å². The van der Waals surface area contributed by atoms with Gasteiger partial charge in [0.1, 0.15) is 6.10 Å². The lowest BCUT2D eigenvalue weighted by molar-refractivity contribution is -0.135. The number of rotatable bonds is 7. The molecule has 0 radical (unpaired) electrons. The highest BCUT2D eigenvalue weighted by Crippen LogP contribution is 2.20. The number of hydrogen-bond acceptors (Lipinski definition) is 5. The lowest BCUT2D eigenvalue weighted by Crippen LogP contribution is -2.37. The van der Waals surface area contributed by atoms with Crippen LogP contribution in [0, 0.1) is 11.6 Å². The fourth-order valence-corrected chi connectivity index (χ4v) is 3.47. The lowest BCUT2D eigenvalue weighted by atomic mass is 9.93. The van der Waals surface area contributed by atoms with Crippen LogP contribution in [0.4, 0.5) is 8.78 Å². The molecule has 1 saturated carbocycles. The summed E-state index contributed by atoms with van der Waals surface area (Å²) in [5, 5.41) is 3.41. The number of ether oxygens (including phenoxy) is 1. The molecule has 1 aromatic heterocycles. The summed E-state index contributed by atoms with van der Waals surface area (Å²) in [6.45, 7) is 1.53. The predicted octanol–water partition coefficient (Wildman–Crippen LogP) is 2.14. The van der Waals surface area contributed by atoms with Crippen LogP contribution >= 0.6 is 0 Å². The fraction of sp³-hybridized carbons (Fsp3) is 0.500. The first-order valence-electron chi connectivity index (χ1n) is 8.75.